The summed E-state index contributed by atoms with van der Waals surface area (Å²) < 4.78 is -0.310. The third-order valence-electron chi connectivity index (χ3n) is 0.994. The maximum Gasteiger partial charge on any atom is 0.268 e. The lowest BCUT2D eigenvalue weighted by molar-refractivity contribution is -0.293. The zero-order valence-corrected chi connectivity index (χ0v) is 7.38. The third kappa shape index (κ3) is 3.91. The van der Waals surface area contributed by atoms with Crippen LogP contribution < -0.4 is 5.30 Å². The number of rotatable bonds is 2. The Labute approximate surface area is 72.2 Å². The normalized spacial score (nSPS) is 9.45. The summed E-state index contributed by atoms with van der Waals surface area (Å²) in [5.74, 6) is 0. The van der Waals surface area contributed by atoms with E-state index >= 15 is 0 Å². The van der Waals surface area contributed by atoms with Crippen molar-refractivity contribution in [3.05, 3.63) is 40.4 Å². The van der Waals surface area contributed by atoms with Crippen LogP contribution in [-0.4, -0.2) is 4.69 Å². The monoisotopic (exact) mass is 191 g/mol. The largest absolute Gasteiger partial charge is 0.268 e. The molecule has 1 rings (SSSR count). The lowest BCUT2D eigenvalue weighted by Gasteiger charge is -1.89. The van der Waals surface area contributed by atoms with Gasteiger partial charge in [-0.25, -0.2) is 0 Å². The molecule has 0 heterocycles. The molecule has 0 spiro atoms. The Morgan fingerprint density at radius 1 is 1.27 bits per heavy atom. The molecule has 0 aliphatic heterocycles. The SMILES string of the molecule is Cl.O=[N+]([O-])Pc1ccccc1. The molecule has 0 radical (unpaired) electrons. The Hall–Kier alpha value is -0.660. The Bertz CT molecular complexity index is 229. The first-order valence-corrected chi connectivity index (χ1v) is 3.70. The smallest absolute Gasteiger partial charge is 0.263 e. The van der Waals surface area contributed by atoms with Crippen LogP contribution in [0.4, 0.5) is 0 Å². The molecule has 0 N–H and O–H groups in total. The van der Waals surface area contributed by atoms with Crippen LogP contribution >= 0.6 is 21.1 Å². The molecule has 5 heteroatoms. The summed E-state index contributed by atoms with van der Waals surface area (Å²) >= 11 is 0. The second-order valence-electron chi connectivity index (χ2n) is 1.73. The molecule has 0 bridgehead atoms. The van der Waals surface area contributed by atoms with Crippen LogP contribution in [0.15, 0.2) is 30.3 Å². The third-order valence-corrected chi connectivity index (χ3v) is 1.77. The molecule has 0 saturated heterocycles. The van der Waals surface area contributed by atoms with Crippen LogP contribution in [0.1, 0.15) is 0 Å². The van der Waals surface area contributed by atoms with E-state index in [1.165, 1.54) is 0 Å². The number of nitrogens with zero attached hydrogens (tertiary/aromatic N) is 1. The second-order valence-corrected chi connectivity index (χ2v) is 2.90. The molecule has 0 saturated carbocycles. The van der Waals surface area contributed by atoms with E-state index in [0.29, 0.717) is 0 Å². The summed E-state index contributed by atoms with van der Waals surface area (Å²) in [6.07, 6.45) is 0. The zero-order chi connectivity index (χ0) is 7.40. The van der Waals surface area contributed by atoms with Gasteiger partial charge in [-0.1, -0.05) is 18.2 Å². The Balaban J connectivity index is 0.000001000. The number of hydrogen-bond donors (Lipinski definition) is 0. The summed E-state index contributed by atoms with van der Waals surface area (Å²) in [5.41, 5.74) is 0. The first-order valence-electron chi connectivity index (χ1n) is 2.75. The van der Waals surface area contributed by atoms with Crippen LogP contribution in [-0.2, 0) is 0 Å². The van der Waals surface area contributed by atoms with Gasteiger partial charge in [0, 0.05) is 10.00 Å². The Morgan fingerprint density at radius 2 is 1.82 bits per heavy atom. The lowest BCUT2D eigenvalue weighted by atomic mass is 10.4. The predicted molar refractivity (Wildman–Crippen MR) is 48.6 cm³/mol. The quantitative estimate of drug-likeness (QED) is 0.405. The number of hydrogen-bond acceptors (Lipinski definition) is 2. The van der Waals surface area contributed by atoms with Gasteiger partial charge >= 0.3 is 0 Å². The first-order chi connectivity index (χ1) is 4.79. The van der Waals surface area contributed by atoms with E-state index in [1.54, 1.807) is 24.3 Å². The maximum atomic E-state index is 9.99. The van der Waals surface area contributed by atoms with Crippen molar-refractivity contribution in [3.63, 3.8) is 0 Å². The van der Waals surface area contributed by atoms with E-state index in [-0.39, 0.29) is 25.8 Å². The molecule has 1 unspecified atom stereocenters. The van der Waals surface area contributed by atoms with E-state index in [2.05, 4.69) is 0 Å². The molecule has 0 aromatic heterocycles. The van der Waals surface area contributed by atoms with Gasteiger partial charge in [-0.15, -0.1) is 12.4 Å². The van der Waals surface area contributed by atoms with Crippen LogP contribution in [0.2, 0.25) is 0 Å². The van der Waals surface area contributed by atoms with Crippen molar-refractivity contribution in [2.24, 2.45) is 0 Å². The Morgan fingerprint density at radius 3 is 2.27 bits per heavy atom. The fourth-order valence-electron chi connectivity index (χ4n) is 0.618. The van der Waals surface area contributed by atoms with Crippen molar-refractivity contribution < 1.29 is 4.69 Å². The molecular formula is C6H7ClNO2P. The summed E-state index contributed by atoms with van der Waals surface area (Å²) in [5, 5.41) is 10.8. The van der Waals surface area contributed by atoms with E-state index in [1.807, 2.05) is 6.07 Å². The van der Waals surface area contributed by atoms with Crippen molar-refractivity contribution in [2.75, 3.05) is 0 Å². The van der Waals surface area contributed by atoms with Crippen LogP contribution in [0, 0.1) is 10.1 Å². The highest BCUT2D eigenvalue weighted by Gasteiger charge is 1.99. The van der Waals surface area contributed by atoms with Crippen molar-refractivity contribution >= 4 is 26.4 Å². The Kier molecular flexibility index (Phi) is 4.75. The molecular weight excluding hydrogens is 184 g/mol. The van der Waals surface area contributed by atoms with Crippen molar-refractivity contribution in [3.8, 4) is 0 Å². The van der Waals surface area contributed by atoms with Crippen molar-refractivity contribution in [2.45, 2.75) is 0 Å². The summed E-state index contributed by atoms with van der Waals surface area (Å²) in [4.78, 5) is 9.99. The zero-order valence-electron chi connectivity index (χ0n) is 5.56. The predicted octanol–water partition coefficient (Wildman–Crippen LogP) is 1.60. The van der Waals surface area contributed by atoms with Crippen molar-refractivity contribution in [1.82, 2.24) is 0 Å². The van der Waals surface area contributed by atoms with E-state index in [9.17, 15) is 10.1 Å². The fourth-order valence-corrected chi connectivity index (χ4v) is 1.17. The van der Waals surface area contributed by atoms with Crippen LogP contribution in [0.5, 0.6) is 0 Å². The van der Waals surface area contributed by atoms with Gasteiger partial charge in [0.25, 0.3) is 8.73 Å². The first kappa shape index (κ1) is 10.3. The molecule has 1 atom stereocenters. The highest BCUT2D eigenvalue weighted by atomic mass is 35.5. The standard InChI is InChI=1S/C6H6NO2P.ClH/c8-7(9)10-6-4-2-1-3-5-6;/h1-5,10H;1H. The fraction of sp³-hybridized carbons (Fsp3) is 0. The van der Waals surface area contributed by atoms with Gasteiger partial charge < -0.3 is 0 Å². The number of nitro groups is 1. The van der Waals surface area contributed by atoms with E-state index in [0.717, 1.165) is 5.30 Å². The minimum atomic E-state index is -0.317. The molecule has 3 nitrogen and oxygen atoms in total. The summed E-state index contributed by atoms with van der Waals surface area (Å²) in [6, 6.07) is 8.94. The molecule has 1 aromatic rings. The molecule has 60 valence electrons. The van der Waals surface area contributed by atoms with Crippen LogP contribution in [0.25, 0.3) is 0 Å². The van der Waals surface area contributed by atoms with E-state index in [4.69, 9.17) is 0 Å². The van der Waals surface area contributed by atoms with E-state index < -0.39 is 0 Å². The van der Waals surface area contributed by atoms with Crippen LogP contribution in [0.3, 0.4) is 0 Å². The molecule has 11 heavy (non-hydrogen) atoms. The summed E-state index contributed by atoms with van der Waals surface area (Å²) in [6.45, 7) is 0. The minimum Gasteiger partial charge on any atom is -0.263 e. The molecule has 1 aromatic carbocycles. The average Bonchev–Trinajstić information content (AvgIpc) is 1.88. The van der Waals surface area contributed by atoms with Gasteiger partial charge in [0.15, 0.2) is 0 Å². The minimum absolute atomic E-state index is 0. The molecule has 0 fully saturated rings. The highest BCUT2D eigenvalue weighted by Crippen LogP contribution is 2.07. The topological polar surface area (TPSA) is 43.1 Å². The number of halogens is 1. The van der Waals surface area contributed by atoms with Gasteiger partial charge in [0.2, 0.25) is 0 Å². The van der Waals surface area contributed by atoms with Gasteiger partial charge in [-0.2, -0.15) is 0 Å². The molecule has 0 amide bonds. The number of benzene rings is 1. The molecule has 0 aliphatic carbocycles. The highest BCUT2D eigenvalue weighted by molar-refractivity contribution is 7.40. The van der Waals surface area contributed by atoms with Gasteiger partial charge in [-0.05, 0) is 12.1 Å². The van der Waals surface area contributed by atoms with Crippen molar-refractivity contribution in [1.29, 1.82) is 0 Å². The second kappa shape index (κ2) is 5.05. The van der Waals surface area contributed by atoms with Gasteiger partial charge in [0.1, 0.15) is 0 Å². The van der Waals surface area contributed by atoms with Gasteiger partial charge in [0.05, 0.1) is 0 Å². The maximum absolute atomic E-state index is 9.99. The van der Waals surface area contributed by atoms with Gasteiger partial charge in [-0.3, -0.25) is 10.1 Å². The average molecular weight is 192 g/mol. The summed E-state index contributed by atoms with van der Waals surface area (Å²) in [7, 11) is -0.317. The molecule has 0 aliphatic rings. The lowest BCUT2D eigenvalue weighted by Crippen LogP contribution is -1.95.